The molecular formula is C5H11ClOS. The Morgan fingerprint density at radius 2 is 2.12 bits per heavy atom. The summed E-state index contributed by atoms with van der Waals surface area (Å²) < 4.78 is 10.4. The Balaban J connectivity index is 2.82. The molecule has 1 nitrogen and oxygen atoms in total. The van der Waals surface area contributed by atoms with Crippen molar-refractivity contribution in [3.8, 4) is 0 Å². The van der Waals surface area contributed by atoms with Gasteiger partial charge in [-0.3, -0.25) is 4.21 Å². The summed E-state index contributed by atoms with van der Waals surface area (Å²) in [6.07, 6.45) is 3.70. The normalized spacial score (nSPS) is 13.8. The molecule has 1 atom stereocenters. The lowest BCUT2D eigenvalue weighted by Gasteiger charge is -1.90. The molecule has 8 heavy (non-hydrogen) atoms. The summed E-state index contributed by atoms with van der Waals surface area (Å²) in [6.45, 7) is 0. The van der Waals surface area contributed by atoms with Crippen molar-refractivity contribution in [2.45, 2.75) is 12.8 Å². The van der Waals surface area contributed by atoms with Gasteiger partial charge in [0.15, 0.2) is 0 Å². The van der Waals surface area contributed by atoms with Gasteiger partial charge in [0.2, 0.25) is 0 Å². The fraction of sp³-hybridized carbons (Fsp3) is 1.00. The van der Waals surface area contributed by atoms with Crippen molar-refractivity contribution in [1.82, 2.24) is 0 Å². The van der Waals surface area contributed by atoms with E-state index in [1.165, 1.54) is 0 Å². The van der Waals surface area contributed by atoms with Gasteiger partial charge in [0.1, 0.15) is 0 Å². The van der Waals surface area contributed by atoms with Crippen molar-refractivity contribution in [1.29, 1.82) is 0 Å². The summed E-state index contributed by atoms with van der Waals surface area (Å²) in [5.74, 6) is 1.49. The van der Waals surface area contributed by atoms with E-state index in [2.05, 4.69) is 0 Å². The van der Waals surface area contributed by atoms with Gasteiger partial charge in [-0.25, -0.2) is 0 Å². The Morgan fingerprint density at radius 1 is 1.50 bits per heavy atom. The number of hydrogen-bond acceptors (Lipinski definition) is 1. The molecule has 0 radical (unpaired) electrons. The number of rotatable bonds is 4. The predicted molar refractivity (Wildman–Crippen MR) is 38.9 cm³/mol. The van der Waals surface area contributed by atoms with Crippen molar-refractivity contribution in [3.05, 3.63) is 0 Å². The third-order valence-corrected chi connectivity index (χ3v) is 1.95. The second-order valence-corrected chi connectivity index (χ2v) is 3.61. The van der Waals surface area contributed by atoms with Crippen LogP contribution in [0.4, 0.5) is 0 Å². The third-order valence-electron chi connectivity index (χ3n) is 0.815. The van der Waals surface area contributed by atoms with E-state index in [9.17, 15) is 4.21 Å². The van der Waals surface area contributed by atoms with Gasteiger partial charge in [0.25, 0.3) is 0 Å². The lowest BCUT2D eigenvalue weighted by atomic mass is 10.4. The number of hydrogen-bond donors (Lipinski definition) is 0. The van der Waals surface area contributed by atoms with E-state index in [1.54, 1.807) is 6.26 Å². The highest BCUT2D eigenvalue weighted by Gasteiger charge is 1.88. The van der Waals surface area contributed by atoms with Crippen LogP contribution in [0.25, 0.3) is 0 Å². The fourth-order valence-corrected chi connectivity index (χ4v) is 1.20. The highest BCUT2D eigenvalue weighted by Crippen LogP contribution is 1.92. The maximum absolute atomic E-state index is 10.4. The van der Waals surface area contributed by atoms with E-state index in [0.717, 1.165) is 18.6 Å². The monoisotopic (exact) mass is 154 g/mol. The molecule has 0 rings (SSSR count). The lowest BCUT2D eigenvalue weighted by molar-refractivity contribution is 0.683. The largest absolute Gasteiger partial charge is 0.260 e. The first-order chi connectivity index (χ1) is 3.77. The SMILES string of the molecule is CS(=O)CCCCCl. The molecule has 50 valence electrons. The molecule has 0 saturated heterocycles. The molecule has 0 bridgehead atoms. The first-order valence-corrected chi connectivity index (χ1v) is 4.89. The van der Waals surface area contributed by atoms with Crippen LogP contribution in [0.15, 0.2) is 0 Å². The molecule has 3 heteroatoms. The fourth-order valence-electron chi connectivity index (χ4n) is 0.400. The summed E-state index contributed by atoms with van der Waals surface area (Å²) in [6, 6.07) is 0. The maximum Gasteiger partial charge on any atom is 0.0232 e. The van der Waals surface area contributed by atoms with Crippen LogP contribution in [0, 0.1) is 0 Å². The molecule has 1 unspecified atom stereocenters. The lowest BCUT2D eigenvalue weighted by Crippen LogP contribution is -1.93. The Morgan fingerprint density at radius 3 is 2.50 bits per heavy atom. The molecule has 0 aliphatic rings. The minimum absolute atomic E-state index is 0.626. The van der Waals surface area contributed by atoms with E-state index in [0.29, 0.717) is 5.88 Å². The zero-order valence-electron chi connectivity index (χ0n) is 5.02. The number of alkyl halides is 1. The first kappa shape index (κ1) is 8.44. The molecule has 0 aliphatic carbocycles. The van der Waals surface area contributed by atoms with Crippen molar-refractivity contribution >= 4 is 22.4 Å². The molecule has 0 saturated carbocycles. The van der Waals surface area contributed by atoms with Crippen molar-refractivity contribution in [3.63, 3.8) is 0 Å². The van der Waals surface area contributed by atoms with Crippen molar-refractivity contribution < 1.29 is 4.21 Å². The summed E-state index contributed by atoms with van der Waals surface area (Å²) in [5.41, 5.74) is 0. The highest BCUT2D eigenvalue weighted by molar-refractivity contribution is 7.84. The van der Waals surface area contributed by atoms with Crippen LogP contribution in [-0.4, -0.2) is 22.1 Å². The van der Waals surface area contributed by atoms with Crippen molar-refractivity contribution in [2.75, 3.05) is 17.9 Å². The molecule has 0 amide bonds. The first-order valence-electron chi connectivity index (χ1n) is 2.63. The summed E-state index contributed by atoms with van der Waals surface area (Å²) >= 11 is 5.39. The maximum atomic E-state index is 10.4. The van der Waals surface area contributed by atoms with Crippen molar-refractivity contribution in [2.24, 2.45) is 0 Å². The van der Waals surface area contributed by atoms with Gasteiger partial charge in [-0.1, -0.05) is 0 Å². The average molecular weight is 155 g/mol. The number of halogens is 1. The molecular weight excluding hydrogens is 144 g/mol. The van der Waals surface area contributed by atoms with E-state index in [4.69, 9.17) is 11.6 Å². The van der Waals surface area contributed by atoms with Crippen LogP contribution < -0.4 is 0 Å². The minimum Gasteiger partial charge on any atom is -0.260 e. The minimum atomic E-state index is -0.626. The van der Waals surface area contributed by atoms with Crippen LogP contribution in [0.5, 0.6) is 0 Å². The smallest absolute Gasteiger partial charge is 0.0232 e. The van der Waals surface area contributed by atoms with Crippen LogP contribution in [0.2, 0.25) is 0 Å². The zero-order valence-corrected chi connectivity index (χ0v) is 6.60. The van der Waals surface area contributed by atoms with E-state index in [1.807, 2.05) is 0 Å². The second-order valence-electron chi connectivity index (χ2n) is 1.67. The number of unbranched alkanes of at least 4 members (excludes halogenated alkanes) is 1. The van der Waals surface area contributed by atoms with Gasteiger partial charge >= 0.3 is 0 Å². The molecule has 0 N–H and O–H groups in total. The summed E-state index contributed by atoms with van der Waals surface area (Å²) in [5, 5.41) is 0. The van der Waals surface area contributed by atoms with Crippen LogP contribution in [-0.2, 0) is 10.8 Å². The highest BCUT2D eigenvalue weighted by atomic mass is 35.5. The molecule has 0 aromatic rings. The summed E-state index contributed by atoms with van der Waals surface area (Å²) in [4.78, 5) is 0. The Bertz CT molecular complexity index is 74.8. The van der Waals surface area contributed by atoms with Gasteiger partial charge in [-0.15, -0.1) is 11.6 Å². The molecule has 0 aliphatic heterocycles. The molecule has 0 aromatic heterocycles. The zero-order chi connectivity index (χ0) is 6.41. The van der Waals surface area contributed by atoms with E-state index in [-0.39, 0.29) is 0 Å². The summed E-state index contributed by atoms with van der Waals surface area (Å²) in [7, 11) is -0.626. The van der Waals surface area contributed by atoms with Gasteiger partial charge in [-0.05, 0) is 12.8 Å². The topological polar surface area (TPSA) is 17.1 Å². The molecule has 0 spiro atoms. The third kappa shape index (κ3) is 6.44. The molecule has 0 fully saturated rings. The Labute approximate surface area is 57.9 Å². The second kappa shape index (κ2) is 5.57. The van der Waals surface area contributed by atoms with Gasteiger partial charge < -0.3 is 0 Å². The van der Waals surface area contributed by atoms with Gasteiger partial charge in [0.05, 0.1) is 0 Å². The van der Waals surface area contributed by atoms with Gasteiger partial charge in [0, 0.05) is 28.7 Å². The standard InChI is InChI=1S/C5H11ClOS/c1-8(7)5-3-2-4-6/h2-5H2,1H3. The quantitative estimate of drug-likeness (QED) is 0.442. The molecule has 0 heterocycles. The van der Waals surface area contributed by atoms with Crippen LogP contribution >= 0.6 is 11.6 Å². The Kier molecular flexibility index (Phi) is 5.88. The Hall–Kier alpha value is 0.440. The predicted octanol–water partition coefficient (Wildman–Crippen LogP) is 1.38. The van der Waals surface area contributed by atoms with Gasteiger partial charge in [-0.2, -0.15) is 0 Å². The molecule has 0 aromatic carbocycles. The van der Waals surface area contributed by atoms with E-state index < -0.39 is 10.8 Å². The average Bonchev–Trinajstić information content (AvgIpc) is 1.66. The van der Waals surface area contributed by atoms with Crippen LogP contribution in [0.1, 0.15) is 12.8 Å². The van der Waals surface area contributed by atoms with Crippen LogP contribution in [0.3, 0.4) is 0 Å². The van der Waals surface area contributed by atoms with E-state index >= 15 is 0 Å².